The highest BCUT2D eigenvalue weighted by atomic mass is 19.1. The first kappa shape index (κ1) is 15.6. The Kier molecular flexibility index (Phi) is 4.65. The van der Waals surface area contributed by atoms with E-state index in [0.717, 1.165) is 22.0 Å². The monoisotopic (exact) mass is 310 g/mol. The van der Waals surface area contributed by atoms with Gasteiger partial charge in [-0.25, -0.2) is 4.39 Å². The summed E-state index contributed by atoms with van der Waals surface area (Å²) in [6.07, 6.45) is 0.593. The standard InChI is InChI=1S/C19H19FN2O/c1-13(18-9-8-17(20)11-22-18)21-12-19(23)16-7-6-14-4-2-3-5-15(14)10-16/h2-11,13,19,21,23H,12H2,1H3. The van der Waals surface area contributed by atoms with Gasteiger partial charge in [-0.1, -0.05) is 36.4 Å². The van der Waals surface area contributed by atoms with E-state index in [9.17, 15) is 9.50 Å². The summed E-state index contributed by atoms with van der Waals surface area (Å²) in [4.78, 5) is 4.05. The van der Waals surface area contributed by atoms with Gasteiger partial charge >= 0.3 is 0 Å². The fourth-order valence-corrected chi connectivity index (χ4v) is 2.57. The van der Waals surface area contributed by atoms with E-state index in [0.29, 0.717) is 6.54 Å². The molecule has 0 fully saturated rings. The number of nitrogens with one attached hydrogen (secondary N) is 1. The smallest absolute Gasteiger partial charge is 0.141 e. The van der Waals surface area contributed by atoms with Crippen molar-refractivity contribution in [2.75, 3.05) is 6.54 Å². The van der Waals surface area contributed by atoms with Crippen LogP contribution in [0.5, 0.6) is 0 Å². The third kappa shape index (κ3) is 3.73. The van der Waals surface area contributed by atoms with Crippen LogP contribution >= 0.6 is 0 Å². The summed E-state index contributed by atoms with van der Waals surface area (Å²) < 4.78 is 12.9. The molecule has 0 saturated heterocycles. The first-order valence-electron chi connectivity index (χ1n) is 7.65. The molecule has 3 nitrogen and oxygen atoms in total. The van der Waals surface area contributed by atoms with Crippen LogP contribution in [0, 0.1) is 5.82 Å². The molecule has 0 bridgehead atoms. The summed E-state index contributed by atoms with van der Waals surface area (Å²) in [5.41, 5.74) is 1.62. The van der Waals surface area contributed by atoms with Crippen molar-refractivity contribution >= 4 is 10.8 Å². The number of hydrogen-bond donors (Lipinski definition) is 2. The Morgan fingerprint density at radius 1 is 1.09 bits per heavy atom. The molecule has 1 aromatic heterocycles. The number of aliphatic hydroxyl groups is 1. The Hall–Kier alpha value is -2.30. The molecule has 0 aliphatic rings. The summed E-state index contributed by atoms with van der Waals surface area (Å²) >= 11 is 0. The number of fused-ring (bicyclic) bond motifs is 1. The van der Waals surface area contributed by atoms with Gasteiger partial charge in [0.05, 0.1) is 18.0 Å². The topological polar surface area (TPSA) is 45.1 Å². The number of halogens is 1. The zero-order valence-electron chi connectivity index (χ0n) is 12.9. The Morgan fingerprint density at radius 3 is 2.61 bits per heavy atom. The Morgan fingerprint density at radius 2 is 1.87 bits per heavy atom. The van der Waals surface area contributed by atoms with Crippen LogP contribution < -0.4 is 5.32 Å². The number of aliphatic hydroxyl groups excluding tert-OH is 1. The van der Waals surface area contributed by atoms with E-state index in [1.165, 1.54) is 12.3 Å². The molecule has 4 heteroatoms. The third-order valence-corrected chi connectivity index (χ3v) is 3.97. The largest absolute Gasteiger partial charge is 0.387 e. The van der Waals surface area contributed by atoms with Crippen LogP contribution in [-0.2, 0) is 0 Å². The molecule has 2 atom stereocenters. The van der Waals surface area contributed by atoms with Gasteiger partial charge in [0.1, 0.15) is 5.82 Å². The molecule has 2 unspecified atom stereocenters. The van der Waals surface area contributed by atoms with Gasteiger partial charge in [-0.05, 0) is 41.5 Å². The van der Waals surface area contributed by atoms with Crippen LogP contribution in [0.4, 0.5) is 4.39 Å². The van der Waals surface area contributed by atoms with Gasteiger partial charge in [0.25, 0.3) is 0 Å². The van der Waals surface area contributed by atoms with E-state index in [1.54, 1.807) is 6.07 Å². The highest BCUT2D eigenvalue weighted by Crippen LogP contribution is 2.20. The van der Waals surface area contributed by atoms with Crippen molar-refractivity contribution in [3.8, 4) is 0 Å². The lowest BCUT2D eigenvalue weighted by Crippen LogP contribution is -2.25. The van der Waals surface area contributed by atoms with Gasteiger partial charge in [-0.15, -0.1) is 0 Å². The predicted molar refractivity (Wildman–Crippen MR) is 89.5 cm³/mol. The number of pyridine rings is 1. The van der Waals surface area contributed by atoms with E-state index in [4.69, 9.17) is 0 Å². The molecule has 0 saturated carbocycles. The summed E-state index contributed by atoms with van der Waals surface area (Å²) in [6, 6.07) is 17.0. The fourth-order valence-electron chi connectivity index (χ4n) is 2.57. The van der Waals surface area contributed by atoms with Crippen LogP contribution in [0.1, 0.15) is 30.3 Å². The molecule has 3 aromatic rings. The molecule has 1 heterocycles. The van der Waals surface area contributed by atoms with Crippen LogP contribution in [0.3, 0.4) is 0 Å². The van der Waals surface area contributed by atoms with Crippen molar-refractivity contribution in [1.29, 1.82) is 0 Å². The minimum absolute atomic E-state index is 0.0642. The zero-order chi connectivity index (χ0) is 16.2. The van der Waals surface area contributed by atoms with Crippen molar-refractivity contribution in [1.82, 2.24) is 10.3 Å². The van der Waals surface area contributed by atoms with E-state index >= 15 is 0 Å². The van der Waals surface area contributed by atoms with Crippen LogP contribution in [0.15, 0.2) is 60.8 Å². The first-order valence-corrected chi connectivity index (χ1v) is 7.65. The number of rotatable bonds is 5. The van der Waals surface area contributed by atoms with Crippen molar-refractivity contribution in [2.24, 2.45) is 0 Å². The molecule has 0 spiro atoms. The van der Waals surface area contributed by atoms with E-state index in [1.807, 2.05) is 49.4 Å². The summed E-state index contributed by atoms with van der Waals surface area (Å²) in [7, 11) is 0. The van der Waals surface area contributed by atoms with Gasteiger partial charge in [0.15, 0.2) is 0 Å². The first-order chi connectivity index (χ1) is 11.1. The van der Waals surface area contributed by atoms with Gasteiger partial charge in [-0.2, -0.15) is 0 Å². The van der Waals surface area contributed by atoms with E-state index in [-0.39, 0.29) is 11.9 Å². The molecule has 0 aliphatic heterocycles. The summed E-state index contributed by atoms with van der Waals surface area (Å²) in [5, 5.41) is 15.9. The minimum atomic E-state index is -0.609. The average Bonchev–Trinajstić information content (AvgIpc) is 2.59. The predicted octanol–water partition coefficient (Wildman–Crippen LogP) is 3.76. The molecule has 0 amide bonds. The number of aromatic nitrogens is 1. The van der Waals surface area contributed by atoms with Gasteiger partial charge in [0.2, 0.25) is 0 Å². The quantitative estimate of drug-likeness (QED) is 0.754. The lowest BCUT2D eigenvalue weighted by Gasteiger charge is -2.17. The van der Waals surface area contributed by atoms with Crippen LogP contribution in [0.25, 0.3) is 10.8 Å². The second kappa shape index (κ2) is 6.86. The molecular formula is C19H19FN2O. The normalized spacial score (nSPS) is 13.9. The number of nitrogens with zero attached hydrogens (tertiary/aromatic N) is 1. The van der Waals surface area contributed by atoms with Gasteiger partial charge in [-0.3, -0.25) is 4.98 Å². The Bertz CT molecular complexity index is 789. The highest BCUT2D eigenvalue weighted by molar-refractivity contribution is 5.83. The van der Waals surface area contributed by atoms with Crippen molar-refractivity contribution in [3.05, 3.63) is 77.9 Å². The van der Waals surface area contributed by atoms with E-state index < -0.39 is 6.10 Å². The van der Waals surface area contributed by atoms with Crippen LogP contribution in [0.2, 0.25) is 0 Å². The number of hydrogen-bond acceptors (Lipinski definition) is 3. The van der Waals surface area contributed by atoms with Crippen LogP contribution in [-0.4, -0.2) is 16.6 Å². The molecule has 23 heavy (non-hydrogen) atoms. The highest BCUT2D eigenvalue weighted by Gasteiger charge is 2.12. The molecule has 2 N–H and O–H groups in total. The lowest BCUT2D eigenvalue weighted by atomic mass is 10.0. The second-order valence-electron chi connectivity index (χ2n) is 5.65. The van der Waals surface area contributed by atoms with Gasteiger partial charge < -0.3 is 10.4 Å². The molecule has 0 radical (unpaired) electrons. The maximum Gasteiger partial charge on any atom is 0.141 e. The molecule has 0 aliphatic carbocycles. The number of benzene rings is 2. The maximum atomic E-state index is 12.9. The van der Waals surface area contributed by atoms with E-state index in [2.05, 4.69) is 10.3 Å². The van der Waals surface area contributed by atoms with Crippen molar-refractivity contribution in [2.45, 2.75) is 19.1 Å². The summed E-state index contributed by atoms with van der Waals surface area (Å²) in [5.74, 6) is -0.350. The molecule has 118 valence electrons. The van der Waals surface area contributed by atoms with Crippen molar-refractivity contribution in [3.63, 3.8) is 0 Å². The second-order valence-corrected chi connectivity index (χ2v) is 5.65. The third-order valence-electron chi connectivity index (χ3n) is 3.97. The maximum absolute atomic E-state index is 12.9. The molecular weight excluding hydrogens is 291 g/mol. The summed E-state index contributed by atoms with van der Waals surface area (Å²) in [6.45, 7) is 2.34. The molecule has 3 rings (SSSR count). The van der Waals surface area contributed by atoms with Gasteiger partial charge in [0, 0.05) is 12.6 Å². The minimum Gasteiger partial charge on any atom is -0.387 e. The zero-order valence-corrected chi connectivity index (χ0v) is 12.9. The fraction of sp³-hybridized carbons (Fsp3) is 0.211. The van der Waals surface area contributed by atoms with Crippen molar-refractivity contribution < 1.29 is 9.50 Å². The molecule has 2 aromatic carbocycles. The SMILES string of the molecule is CC(NCC(O)c1ccc2ccccc2c1)c1ccc(F)cn1. The Balaban J connectivity index is 1.65. The lowest BCUT2D eigenvalue weighted by molar-refractivity contribution is 0.170. The average molecular weight is 310 g/mol. The Labute approximate surface area is 134 Å².